The van der Waals surface area contributed by atoms with E-state index in [9.17, 15) is 4.79 Å². The molecule has 1 amide bonds. The van der Waals surface area contributed by atoms with Crippen LogP contribution in [0.4, 0.5) is 11.4 Å². The quantitative estimate of drug-likeness (QED) is 0.504. The van der Waals surface area contributed by atoms with Crippen LogP contribution in [0.5, 0.6) is 5.75 Å². The molecule has 0 unspecified atom stereocenters. The molecular weight excluding hydrogens is 326 g/mol. The number of carbonyl (C=O) groups excluding carboxylic acids is 1. The molecule has 2 aromatic rings. The van der Waals surface area contributed by atoms with Gasteiger partial charge in [0, 0.05) is 17.6 Å². The number of hydrogen-bond acceptors (Lipinski definition) is 2. The summed E-state index contributed by atoms with van der Waals surface area (Å²) in [6.45, 7) is 1.99. The van der Waals surface area contributed by atoms with Gasteiger partial charge in [0.15, 0.2) is 0 Å². The van der Waals surface area contributed by atoms with Gasteiger partial charge in [-0.05, 0) is 42.5 Å². The zero-order chi connectivity index (χ0) is 17.7. The Labute approximate surface area is 146 Å². The normalized spacial score (nSPS) is 10.0. The van der Waals surface area contributed by atoms with Gasteiger partial charge in [-0.2, -0.15) is 0 Å². The van der Waals surface area contributed by atoms with Crippen LogP contribution in [0.1, 0.15) is 17.3 Å². The summed E-state index contributed by atoms with van der Waals surface area (Å²) in [6.07, 6.45) is 0. The van der Waals surface area contributed by atoms with Gasteiger partial charge in [-0.25, -0.2) is 5.32 Å². The Morgan fingerprint density at radius 1 is 1.04 bits per heavy atom. The van der Waals surface area contributed by atoms with Crippen LogP contribution in [0.15, 0.2) is 42.5 Å². The average molecular weight is 347 g/mol. The summed E-state index contributed by atoms with van der Waals surface area (Å²) in [5, 5.41) is 6.59. The molecule has 2 aromatic carbocycles. The molecule has 0 saturated carbocycles. The molecule has 126 valence electrons. The molecule has 0 heterocycles. The first-order valence-corrected chi connectivity index (χ1v) is 7.81. The molecule has 0 aromatic heterocycles. The highest BCUT2D eigenvalue weighted by Crippen LogP contribution is 2.24. The molecule has 0 radical (unpaired) electrons. The fraction of sp³-hybridized carbons (Fsp3) is 0.222. The van der Waals surface area contributed by atoms with Gasteiger partial charge >= 0.3 is 0 Å². The van der Waals surface area contributed by atoms with Gasteiger partial charge in [-0.1, -0.05) is 11.6 Å². The summed E-state index contributed by atoms with van der Waals surface area (Å²) in [5.74, 6) is 1.23. The van der Waals surface area contributed by atoms with Gasteiger partial charge in [0.05, 0.1) is 26.8 Å². The second-order valence-electron chi connectivity index (χ2n) is 5.48. The zero-order valence-corrected chi connectivity index (χ0v) is 14.9. The first-order chi connectivity index (χ1) is 11.4. The van der Waals surface area contributed by atoms with Crippen molar-refractivity contribution in [3.63, 3.8) is 0 Å². The molecule has 0 bridgehead atoms. The van der Waals surface area contributed by atoms with Crippen molar-refractivity contribution in [1.29, 1.82) is 0 Å². The minimum Gasteiger partial charge on any atom is -0.496 e. The third-order valence-electron chi connectivity index (χ3n) is 3.54. The Kier molecular flexibility index (Phi) is 5.82. The number of nitrogens with zero attached hydrogens (tertiary/aromatic N) is 1. The molecule has 2 rings (SSSR count). The highest BCUT2D eigenvalue weighted by molar-refractivity contribution is 6.31. The Hall–Kier alpha value is -2.53. The van der Waals surface area contributed by atoms with Crippen LogP contribution >= 0.6 is 11.6 Å². The molecule has 0 atom stereocenters. The van der Waals surface area contributed by atoms with Gasteiger partial charge in [0.1, 0.15) is 11.4 Å². The summed E-state index contributed by atoms with van der Waals surface area (Å²) in [6, 6.07) is 12.4. The SMILES string of the molecule is COc1ccc(Cl)cc1C(=O)Nc1ccc(NC(C)=[N+](C)C)cc1. The molecule has 0 aliphatic carbocycles. The van der Waals surface area contributed by atoms with Crippen molar-refractivity contribution in [3.8, 4) is 5.75 Å². The maximum atomic E-state index is 12.4. The van der Waals surface area contributed by atoms with E-state index in [-0.39, 0.29) is 5.91 Å². The predicted molar refractivity (Wildman–Crippen MR) is 98.8 cm³/mol. The number of amides is 1. The van der Waals surface area contributed by atoms with Crippen molar-refractivity contribution in [2.24, 2.45) is 0 Å². The maximum Gasteiger partial charge on any atom is 0.259 e. The van der Waals surface area contributed by atoms with Crippen LogP contribution in [0, 0.1) is 0 Å². The Bertz CT molecular complexity index is 766. The molecule has 24 heavy (non-hydrogen) atoms. The highest BCUT2D eigenvalue weighted by Gasteiger charge is 2.13. The van der Waals surface area contributed by atoms with Crippen LogP contribution in [0.2, 0.25) is 5.02 Å². The van der Waals surface area contributed by atoms with E-state index in [0.29, 0.717) is 22.0 Å². The molecule has 0 saturated heterocycles. The summed E-state index contributed by atoms with van der Waals surface area (Å²) < 4.78 is 7.19. The van der Waals surface area contributed by atoms with E-state index in [2.05, 4.69) is 10.6 Å². The lowest BCUT2D eigenvalue weighted by molar-refractivity contribution is -0.464. The average Bonchev–Trinajstić information content (AvgIpc) is 2.56. The number of halogens is 1. The van der Waals surface area contributed by atoms with Gasteiger partial charge < -0.3 is 10.1 Å². The summed E-state index contributed by atoms with van der Waals surface area (Å²) >= 11 is 5.97. The van der Waals surface area contributed by atoms with Crippen LogP contribution in [-0.4, -0.2) is 37.5 Å². The van der Waals surface area contributed by atoms with Crippen molar-refractivity contribution in [2.75, 3.05) is 31.8 Å². The zero-order valence-electron chi connectivity index (χ0n) is 14.2. The van der Waals surface area contributed by atoms with Crippen molar-refractivity contribution >= 4 is 34.7 Å². The molecule has 6 heteroatoms. The Balaban J connectivity index is 2.13. The minimum atomic E-state index is -0.272. The first kappa shape index (κ1) is 17.8. The van der Waals surface area contributed by atoms with Crippen LogP contribution in [0.25, 0.3) is 0 Å². The number of rotatable bonds is 4. The van der Waals surface area contributed by atoms with Crippen LogP contribution < -0.4 is 15.4 Å². The van der Waals surface area contributed by atoms with E-state index in [4.69, 9.17) is 16.3 Å². The van der Waals surface area contributed by atoms with Crippen LogP contribution in [-0.2, 0) is 0 Å². The monoisotopic (exact) mass is 346 g/mol. The molecule has 0 aliphatic heterocycles. The largest absolute Gasteiger partial charge is 0.496 e. The number of carbonyl (C=O) groups is 1. The number of methoxy groups -OCH3 is 1. The predicted octanol–water partition coefficient (Wildman–Crippen LogP) is 3.70. The van der Waals surface area contributed by atoms with E-state index in [1.807, 2.05) is 49.9 Å². The van der Waals surface area contributed by atoms with E-state index in [1.165, 1.54) is 7.11 Å². The number of hydrogen-bond donors (Lipinski definition) is 2. The number of ether oxygens (including phenoxy) is 1. The van der Waals surface area contributed by atoms with Gasteiger partial charge in [-0.15, -0.1) is 0 Å². The van der Waals surface area contributed by atoms with Crippen molar-refractivity contribution in [3.05, 3.63) is 53.1 Å². The third-order valence-corrected chi connectivity index (χ3v) is 3.78. The van der Waals surface area contributed by atoms with Crippen LogP contribution in [0.3, 0.4) is 0 Å². The number of benzene rings is 2. The maximum absolute atomic E-state index is 12.4. The Morgan fingerprint density at radius 3 is 2.17 bits per heavy atom. The summed E-state index contributed by atoms with van der Waals surface area (Å²) in [5.41, 5.74) is 2.03. The minimum absolute atomic E-state index is 0.272. The number of nitrogens with one attached hydrogen (secondary N) is 2. The second kappa shape index (κ2) is 7.84. The first-order valence-electron chi connectivity index (χ1n) is 7.43. The third kappa shape index (κ3) is 4.49. The smallest absolute Gasteiger partial charge is 0.259 e. The molecule has 0 fully saturated rings. The summed E-state index contributed by atoms with van der Waals surface area (Å²) in [7, 11) is 5.45. The Morgan fingerprint density at radius 2 is 1.62 bits per heavy atom. The van der Waals surface area contributed by atoms with E-state index >= 15 is 0 Å². The van der Waals surface area contributed by atoms with E-state index in [0.717, 1.165) is 11.5 Å². The standard InChI is InChI=1S/C18H20ClN3O2/c1-12(22(2)3)20-14-6-8-15(9-7-14)21-18(23)16-11-13(19)5-10-17(16)24-4/h5-11H,1-4H3,(H,21,23)/p+1. The highest BCUT2D eigenvalue weighted by atomic mass is 35.5. The number of amidine groups is 1. The lowest BCUT2D eigenvalue weighted by Gasteiger charge is -2.10. The lowest BCUT2D eigenvalue weighted by atomic mass is 10.1. The number of anilines is 2. The van der Waals surface area contributed by atoms with Crippen molar-refractivity contribution < 1.29 is 14.1 Å². The molecular formula is C18H21ClN3O2+. The molecule has 0 aliphatic rings. The lowest BCUT2D eigenvalue weighted by Crippen LogP contribution is -2.18. The molecule has 5 nitrogen and oxygen atoms in total. The summed E-state index contributed by atoms with van der Waals surface area (Å²) in [4.78, 5) is 12.4. The van der Waals surface area contributed by atoms with E-state index in [1.54, 1.807) is 18.2 Å². The van der Waals surface area contributed by atoms with Gasteiger partial charge in [0.25, 0.3) is 5.91 Å². The van der Waals surface area contributed by atoms with Crippen molar-refractivity contribution in [2.45, 2.75) is 6.92 Å². The fourth-order valence-electron chi connectivity index (χ4n) is 2.01. The molecule has 0 spiro atoms. The van der Waals surface area contributed by atoms with Crippen molar-refractivity contribution in [1.82, 2.24) is 0 Å². The van der Waals surface area contributed by atoms with Gasteiger partial charge in [-0.3, -0.25) is 9.37 Å². The van der Waals surface area contributed by atoms with E-state index < -0.39 is 0 Å². The topological polar surface area (TPSA) is 53.4 Å². The second-order valence-corrected chi connectivity index (χ2v) is 5.92. The fourth-order valence-corrected chi connectivity index (χ4v) is 2.19. The van der Waals surface area contributed by atoms with Gasteiger partial charge in [0.2, 0.25) is 5.84 Å². The molecule has 2 N–H and O–H groups in total.